The molecule has 0 bridgehead atoms. The van der Waals surface area contributed by atoms with E-state index < -0.39 is 0 Å². The van der Waals surface area contributed by atoms with E-state index in [2.05, 4.69) is 62.3 Å². The number of rotatable bonds is 5. The maximum atomic E-state index is 3.43. The van der Waals surface area contributed by atoms with Gasteiger partial charge in [-0.2, -0.15) is 0 Å². The van der Waals surface area contributed by atoms with Crippen molar-refractivity contribution in [2.45, 2.75) is 33.1 Å². The highest BCUT2D eigenvalue weighted by atomic mass is 28.2. The monoisotopic (exact) mass is 234 g/mol. The second-order valence-corrected chi connectivity index (χ2v) is 6.02. The Hall–Kier alpha value is -0.643. The lowest BCUT2D eigenvalue weighted by atomic mass is 9.87. The van der Waals surface area contributed by atoms with Crippen LogP contribution in [0.2, 0.25) is 0 Å². The highest BCUT2D eigenvalue weighted by molar-refractivity contribution is 6.51. The van der Waals surface area contributed by atoms with E-state index >= 15 is 0 Å². The van der Waals surface area contributed by atoms with Crippen LogP contribution in [0.1, 0.15) is 33.3 Å². The Morgan fingerprint density at radius 3 is 2.50 bits per heavy atom. The van der Waals surface area contributed by atoms with Crippen LogP contribution in [0.3, 0.4) is 0 Å². The van der Waals surface area contributed by atoms with Gasteiger partial charge in [0.15, 0.2) is 9.68 Å². The van der Waals surface area contributed by atoms with Crippen LogP contribution in [0, 0.1) is 0 Å². The van der Waals surface area contributed by atoms with Gasteiger partial charge in [-0.3, -0.25) is 0 Å². The van der Waals surface area contributed by atoms with Gasteiger partial charge in [0, 0.05) is 6.67 Å². The standard InChI is InChI=1S/C13H22N2Si/c1-5-14-10-15-16-12-9-7-6-8-11(12)13(2,3)4/h6-9,14-15H,5,10H2,1-4H3. The van der Waals surface area contributed by atoms with Crippen LogP contribution in [0.4, 0.5) is 0 Å². The molecule has 0 spiro atoms. The molecule has 0 amide bonds. The lowest BCUT2D eigenvalue weighted by Gasteiger charge is -2.22. The van der Waals surface area contributed by atoms with Crippen LogP contribution in [-0.4, -0.2) is 22.9 Å². The third kappa shape index (κ3) is 4.08. The van der Waals surface area contributed by atoms with Gasteiger partial charge in [0.05, 0.1) is 0 Å². The average molecular weight is 234 g/mol. The van der Waals surface area contributed by atoms with Crippen LogP contribution in [0.5, 0.6) is 0 Å². The number of hydrogen-bond donors (Lipinski definition) is 2. The Balaban J connectivity index is 2.65. The Bertz CT molecular complexity index is 318. The molecule has 2 N–H and O–H groups in total. The highest BCUT2D eigenvalue weighted by Gasteiger charge is 2.17. The number of nitrogens with one attached hydrogen (secondary N) is 2. The predicted molar refractivity (Wildman–Crippen MR) is 72.2 cm³/mol. The molecule has 2 radical (unpaired) electrons. The lowest BCUT2D eigenvalue weighted by Crippen LogP contribution is -2.40. The van der Waals surface area contributed by atoms with E-state index in [0.717, 1.165) is 13.2 Å². The molecule has 0 aliphatic rings. The maximum absolute atomic E-state index is 3.43. The van der Waals surface area contributed by atoms with Gasteiger partial charge in [0.1, 0.15) is 0 Å². The second kappa shape index (κ2) is 6.18. The van der Waals surface area contributed by atoms with Crippen molar-refractivity contribution in [3.8, 4) is 0 Å². The second-order valence-electron chi connectivity index (χ2n) is 4.88. The van der Waals surface area contributed by atoms with Gasteiger partial charge in [-0.05, 0) is 22.7 Å². The van der Waals surface area contributed by atoms with E-state index in [0.29, 0.717) is 9.68 Å². The van der Waals surface area contributed by atoms with Gasteiger partial charge in [0.25, 0.3) is 0 Å². The summed E-state index contributed by atoms with van der Waals surface area (Å²) in [5, 5.41) is 4.70. The molecule has 0 unspecified atom stereocenters. The van der Waals surface area contributed by atoms with Crippen molar-refractivity contribution in [1.29, 1.82) is 0 Å². The van der Waals surface area contributed by atoms with Crippen molar-refractivity contribution in [1.82, 2.24) is 10.3 Å². The van der Waals surface area contributed by atoms with Gasteiger partial charge in [-0.25, -0.2) is 0 Å². The summed E-state index contributed by atoms with van der Waals surface area (Å²) in [5.41, 5.74) is 1.67. The van der Waals surface area contributed by atoms with Crippen molar-refractivity contribution in [3.05, 3.63) is 29.8 Å². The fourth-order valence-corrected chi connectivity index (χ4v) is 2.75. The fraction of sp³-hybridized carbons (Fsp3) is 0.538. The Morgan fingerprint density at radius 1 is 1.19 bits per heavy atom. The minimum absolute atomic E-state index is 0.226. The first kappa shape index (κ1) is 13.4. The molecular formula is C13H22N2Si. The largest absolute Gasteiger partial charge is 0.323 e. The molecular weight excluding hydrogens is 212 g/mol. The van der Waals surface area contributed by atoms with E-state index in [1.165, 1.54) is 10.8 Å². The number of benzene rings is 1. The Labute approximate surface area is 102 Å². The van der Waals surface area contributed by atoms with Crippen molar-refractivity contribution in [2.75, 3.05) is 13.2 Å². The van der Waals surface area contributed by atoms with Gasteiger partial charge in [-0.1, -0.05) is 52.0 Å². The summed E-state index contributed by atoms with van der Waals surface area (Å²) in [5.74, 6) is 0. The summed E-state index contributed by atoms with van der Waals surface area (Å²) in [7, 11) is 0.674. The lowest BCUT2D eigenvalue weighted by molar-refractivity contribution is 0.593. The molecule has 16 heavy (non-hydrogen) atoms. The fourth-order valence-electron chi connectivity index (χ4n) is 1.57. The van der Waals surface area contributed by atoms with E-state index in [1.807, 2.05) is 0 Å². The zero-order valence-corrected chi connectivity index (χ0v) is 11.7. The minimum atomic E-state index is 0.226. The third-order valence-corrected chi connectivity index (χ3v) is 3.48. The van der Waals surface area contributed by atoms with E-state index in [4.69, 9.17) is 0 Å². The quantitative estimate of drug-likeness (QED) is 0.457. The molecule has 88 valence electrons. The molecule has 1 rings (SSSR count). The Morgan fingerprint density at radius 2 is 1.88 bits per heavy atom. The molecule has 0 aliphatic carbocycles. The zero-order chi connectivity index (χ0) is 12.0. The van der Waals surface area contributed by atoms with Gasteiger partial charge in [-0.15, -0.1) is 0 Å². The van der Waals surface area contributed by atoms with E-state index in [1.54, 1.807) is 0 Å². The molecule has 0 aromatic heterocycles. The topological polar surface area (TPSA) is 24.1 Å². The maximum Gasteiger partial charge on any atom is 0.181 e. The smallest absolute Gasteiger partial charge is 0.181 e. The van der Waals surface area contributed by atoms with Crippen molar-refractivity contribution in [2.24, 2.45) is 0 Å². The van der Waals surface area contributed by atoms with Crippen molar-refractivity contribution < 1.29 is 0 Å². The van der Waals surface area contributed by atoms with Gasteiger partial charge in [0.2, 0.25) is 0 Å². The van der Waals surface area contributed by atoms with Crippen LogP contribution >= 0.6 is 0 Å². The van der Waals surface area contributed by atoms with Crippen LogP contribution in [0.15, 0.2) is 24.3 Å². The van der Waals surface area contributed by atoms with Gasteiger partial charge < -0.3 is 10.3 Å². The SMILES string of the molecule is CCNCN[Si]c1ccccc1C(C)(C)C. The molecule has 1 aromatic rings. The third-order valence-electron chi connectivity index (χ3n) is 2.42. The first-order chi connectivity index (χ1) is 7.55. The molecule has 0 fully saturated rings. The molecule has 0 heterocycles. The molecule has 1 aromatic carbocycles. The summed E-state index contributed by atoms with van der Waals surface area (Å²) in [4.78, 5) is 3.43. The van der Waals surface area contributed by atoms with E-state index in [-0.39, 0.29) is 5.41 Å². The molecule has 3 heteroatoms. The Kier molecular flexibility index (Phi) is 5.18. The van der Waals surface area contributed by atoms with Gasteiger partial charge >= 0.3 is 0 Å². The molecule has 2 nitrogen and oxygen atoms in total. The summed E-state index contributed by atoms with van der Waals surface area (Å²) in [6, 6.07) is 8.70. The summed E-state index contributed by atoms with van der Waals surface area (Å²) in [6.07, 6.45) is 0. The minimum Gasteiger partial charge on any atom is -0.323 e. The van der Waals surface area contributed by atoms with Crippen molar-refractivity contribution >= 4 is 14.9 Å². The van der Waals surface area contributed by atoms with Crippen LogP contribution in [0.25, 0.3) is 0 Å². The molecule has 0 saturated carbocycles. The normalized spacial score (nSPS) is 11.8. The first-order valence-electron chi connectivity index (χ1n) is 5.85. The predicted octanol–water partition coefficient (Wildman–Crippen LogP) is 1.39. The zero-order valence-electron chi connectivity index (χ0n) is 10.7. The van der Waals surface area contributed by atoms with Crippen LogP contribution < -0.4 is 15.5 Å². The molecule has 0 saturated heterocycles. The van der Waals surface area contributed by atoms with Crippen molar-refractivity contribution in [3.63, 3.8) is 0 Å². The highest BCUT2D eigenvalue weighted by Crippen LogP contribution is 2.19. The average Bonchev–Trinajstić information content (AvgIpc) is 2.24. The first-order valence-corrected chi connectivity index (χ1v) is 6.85. The van der Waals surface area contributed by atoms with Crippen LogP contribution in [-0.2, 0) is 5.41 Å². The van der Waals surface area contributed by atoms with E-state index in [9.17, 15) is 0 Å². The summed E-state index contributed by atoms with van der Waals surface area (Å²) < 4.78 is 0. The molecule has 0 atom stereocenters. The molecule has 0 aliphatic heterocycles. The number of hydrogen-bond acceptors (Lipinski definition) is 2. The summed E-state index contributed by atoms with van der Waals surface area (Å²) >= 11 is 0. The summed E-state index contributed by atoms with van der Waals surface area (Å²) in [6.45, 7) is 10.8.